The zero-order chi connectivity index (χ0) is 21.5. The number of carbonyl (C=O) groups excluding carboxylic acids is 2. The van der Waals surface area contributed by atoms with Crippen molar-refractivity contribution in [3.63, 3.8) is 0 Å². The van der Waals surface area contributed by atoms with Crippen molar-refractivity contribution in [3.8, 4) is 5.75 Å². The Kier molecular flexibility index (Phi) is 5.22. The lowest BCUT2D eigenvalue weighted by Crippen LogP contribution is -2.25. The Bertz CT molecular complexity index is 1000. The molecule has 6 heteroatoms. The van der Waals surface area contributed by atoms with E-state index in [9.17, 15) is 19.1 Å². The maximum Gasteiger partial charge on any atom is 0.295 e. The van der Waals surface area contributed by atoms with Gasteiger partial charge in [0.15, 0.2) is 0 Å². The predicted molar refractivity (Wildman–Crippen MR) is 108 cm³/mol. The van der Waals surface area contributed by atoms with Crippen molar-refractivity contribution >= 4 is 17.4 Å². The molecule has 1 atom stereocenters. The van der Waals surface area contributed by atoms with Gasteiger partial charge < -0.3 is 14.7 Å². The Hall–Kier alpha value is -3.15. The number of aliphatic hydroxyl groups excluding tert-OH is 1. The van der Waals surface area contributed by atoms with E-state index < -0.39 is 29.3 Å². The van der Waals surface area contributed by atoms with Crippen molar-refractivity contribution < 1.29 is 23.8 Å². The number of rotatable bonds is 3. The molecule has 0 spiro atoms. The lowest BCUT2D eigenvalue weighted by molar-refractivity contribution is -0.139. The van der Waals surface area contributed by atoms with Crippen LogP contribution in [0.5, 0.6) is 5.75 Å². The van der Waals surface area contributed by atoms with Gasteiger partial charge in [0, 0.05) is 7.05 Å². The van der Waals surface area contributed by atoms with Crippen LogP contribution in [0.15, 0.2) is 48.0 Å². The average Bonchev–Trinajstić information content (AvgIpc) is 2.90. The molecule has 1 aliphatic rings. The summed E-state index contributed by atoms with van der Waals surface area (Å²) in [7, 11) is 2.89. The van der Waals surface area contributed by atoms with Gasteiger partial charge in [-0.05, 0) is 34.7 Å². The minimum Gasteiger partial charge on any atom is -0.507 e. The molecule has 1 heterocycles. The number of amides is 1. The first-order valence-electron chi connectivity index (χ1n) is 9.25. The summed E-state index contributed by atoms with van der Waals surface area (Å²) in [6.45, 7) is 6.26. The van der Waals surface area contributed by atoms with Crippen LogP contribution >= 0.6 is 0 Å². The zero-order valence-corrected chi connectivity index (χ0v) is 17.1. The highest BCUT2D eigenvalue weighted by atomic mass is 19.1. The Morgan fingerprint density at radius 3 is 2.28 bits per heavy atom. The second-order valence-corrected chi connectivity index (χ2v) is 8.13. The highest BCUT2D eigenvalue weighted by Crippen LogP contribution is 2.40. The maximum absolute atomic E-state index is 13.8. The molecule has 1 unspecified atom stereocenters. The van der Waals surface area contributed by atoms with Gasteiger partial charge in [-0.15, -0.1) is 0 Å². The second kappa shape index (κ2) is 7.35. The summed E-state index contributed by atoms with van der Waals surface area (Å²) in [5.41, 5.74) is 1.65. The number of likely N-dealkylation sites (tertiary alicyclic amines) is 1. The third kappa shape index (κ3) is 3.62. The van der Waals surface area contributed by atoms with Gasteiger partial charge in [-0.2, -0.15) is 0 Å². The van der Waals surface area contributed by atoms with E-state index in [1.54, 1.807) is 0 Å². The lowest BCUT2D eigenvalue weighted by atomic mass is 9.85. The third-order valence-corrected chi connectivity index (χ3v) is 5.18. The normalized spacial score (nSPS) is 19.0. The predicted octanol–water partition coefficient (Wildman–Crippen LogP) is 4.18. The van der Waals surface area contributed by atoms with E-state index in [4.69, 9.17) is 4.74 Å². The maximum atomic E-state index is 13.8. The van der Waals surface area contributed by atoms with Crippen LogP contribution in [0.3, 0.4) is 0 Å². The second-order valence-electron chi connectivity index (χ2n) is 8.13. The molecular formula is C23H24FNO4. The number of hydrogen-bond acceptors (Lipinski definition) is 4. The number of likely N-dealkylation sites (N-methyl/N-ethyl adjacent to an activating group) is 1. The zero-order valence-electron chi connectivity index (χ0n) is 17.1. The van der Waals surface area contributed by atoms with Crippen LogP contribution in [0.25, 0.3) is 5.76 Å². The van der Waals surface area contributed by atoms with Crippen LogP contribution in [0.4, 0.5) is 4.39 Å². The Balaban J connectivity index is 2.18. The molecule has 1 amide bonds. The van der Waals surface area contributed by atoms with E-state index in [1.165, 1.54) is 31.2 Å². The minimum atomic E-state index is -0.818. The van der Waals surface area contributed by atoms with Crippen LogP contribution in [0, 0.1) is 5.82 Å². The summed E-state index contributed by atoms with van der Waals surface area (Å²) >= 11 is 0. The van der Waals surface area contributed by atoms with Gasteiger partial charge >= 0.3 is 0 Å². The highest BCUT2D eigenvalue weighted by Gasteiger charge is 2.44. The summed E-state index contributed by atoms with van der Waals surface area (Å²) < 4.78 is 19.0. The fourth-order valence-corrected chi connectivity index (χ4v) is 3.51. The average molecular weight is 397 g/mol. The number of hydrogen-bond donors (Lipinski definition) is 1. The number of benzene rings is 2. The summed E-state index contributed by atoms with van der Waals surface area (Å²) in [6, 6.07) is 10.4. The molecule has 1 N–H and O–H groups in total. The Morgan fingerprint density at radius 1 is 1.10 bits per heavy atom. The molecule has 0 aliphatic carbocycles. The molecule has 3 rings (SSSR count). The molecule has 0 bridgehead atoms. The van der Waals surface area contributed by atoms with E-state index in [0.717, 1.165) is 11.6 Å². The van der Waals surface area contributed by atoms with Gasteiger partial charge in [0.2, 0.25) is 0 Å². The molecule has 0 aromatic heterocycles. The molecule has 29 heavy (non-hydrogen) atoms. The number of carbonyl (C=O) groups is 2. The highest BCUT2D eigenvalue weighted by molar-refractivity contribution is 6.46. The number of methoxy groups -OCH3 is 1. The van der Waals surface area contributed by atoms with Gasteiger partial charge in [-0.3, -0.25) is 9.59 Å². The topological polar surface area (TPSA) is 66.8 Å². The molecular weight excluding hydrogens is 373 g/mol. The van der Waals surface area contributed by atoms with Crippen LogP contribution < -0.4 is 4.74 Å². The van der Waals surface area contributed by atoms with E-state index >= 15 is 0 Å². The van der Waals surface area contributed by atoms with Crippen molar-refractivity contribution in [3.05, 3.63) is 70.5 Å². The lowest BCUT2D eigenvalue weighted by Gasteiger charge is -2.23. The monoisotopic (exact) mass is 397 g/mol. The fourth-order valence-electron chi connectivity index (χ4n) is 3.51. The molecule has 152 valence electrons. The molecule has 1 fully saturated rings. The first-order chi connectivity index (χ1) is 13.6. The molecule has 2 aromatic rings. The van der Waals surface area contributed by atoms with Gasteiger partial charge in [0.1, 0.15) is 17.3 Å². The van der Waals surface area contributed by atoms with Crippen molar-refractivity contribution in [1.82, 2.24) is 4.90 Å². The summed E-state index contributed by atoms with van der Waals surface area (Å²) in [5.74, 6) is -2.40. The van der Waals surface area contributed by atoms with Crippen LogP contribution in [-0.4, -0.2) is 35.9 Å². The number of nitrogens with zero attached hydrogens (tertiary/aromatic N) is 1. The molecule has 1 aliphatic heterocycles. The largest absolute Gasteiger partial charge is 0.507 e. The quantitative estimate of drug-likeness (QED) is 0.479. The Morgan fingerprint density at radius 2 is 1.72 bits per heavy atom. The van der Waals surface area contributed by atoms with E-state index in [2.05, 4.69) is 20.8 Å². The van der Waals surface area contributed by atoms with Crippen molar-refractivity contribution in [1.29, 1.82) is 0 Å². The number of ether oxygens (including phenoxy) is 1. The summed E-state index contributed by atoms with van der Waals surface area (Å²) in [5, 5.41) is 10.9. The molecule has 0 radical (unpaired) electrons. The number of Topliss-reactive ketones (excluding diaryl/α,β-unsaturated/α-hetero) is 1. The van der Waals surface area contributed by atoms with Crippen molar-refractivity contribution in [2.75, 3.05) is 14.2 Å². The Labute approximate surface area is 169 Å². The van der Waals surface area contributed by atoms with Gasteiger partial charge in [-0.1, -0.05) is 45.0 Å². The number of halogens is 1. The van der Waals surface area contributed by atoms with Crippen LogP contribution in [0.1, 0.15) is 43.5 Å². The van der Waals surface area contributed by atoms with E-state index in [-0.39, 0.29) is 22.3 Å². The molecule has 2 aromatic carbocycles. The van der Waals surface area contributed by atoms with Gasteiger partial charge in [-0.25, -0.2) is 4.39 Å². The van der Waals surface area contributed by atoms with Gasteiger partial charge in [0.25, 0.3) is 11.7 Å². The van der Waals surface area contributed by atoms with Crippen LogP contribution in [-0.2, 0) is 15.0 Å². The number of ketones is 1. The summed E-state index contributed by atoms with van der Waals surface area (Å²) in [6.07, 6.45) is 0. The van der Waals surface area contributed by atoms with Crippen molar-refractivity contribution in [2.24, 2.45) is 0 Å². The fraction of sp³-hybridized carbons (Fsp3) is 0.304. The SMILES string of the molecule is COc1ccc(F)cc1/C(O)=C1\C(=O)C(=O)N(C)C1c1ccc(C(C)(C)C)cc1. The molecule has 0 saturated carbocycles. The van der Waals surface area contributed by atoms with E-state index in [0.29, 0.717) is 5.56 Å². The number of aliphatic hydroxyl groups is 1. The molecule has 5 nitrogen and oxygen atoms in total. The minimum absolute atomic E-state index is 0.0234. The smallest absolute Gasteiger partial charge is 0.295 e. The first kappa shape index (κ1) is 20.6. The third-order valence-electron chi connectivity index (χ3n) is 5.18. The molecule has 1 saturated heterocycles. The van der Waals surface area contributed by atoms with E-state index in [1.807, 2.05) is 24.3 Å². The van der Waals surface area contributed by atoms with Crippen LogP contribution in [0.2, 0.25) is 0 Å². The van der Waals surface area contributed by atoms with Gasteiger partial charge in [0.05, 0.1) is 24.3 Å². The first-order valence-corrected chi connectivity index (χ1v) is 9.25. The van der Waals surface area contributed by atoms with Crippen molar-refractivity contribution in [2.45, 2.75) is 32.2 Å². The summed E-state index contributed by atoms with van der Waals surface area (Å²) in [4.78, 5) is 26.4. The standard InChI is InChI=1S/C23H24FNO4/c1-23(2,3)14-8-6-13(7-9-14)19-18(21(27)22(28)25(19)4)20(26)16-12-15(24)10-11-17(16)29-5/h6-12,19,26H,1-5H3/b20-18+.